The van der Waals surface area contributed by atoms with E-state index in [9.17, 15) is 9.59 Å². The van der Waals surface area contributed by atoms with Gasteiger partial charge in [0.1, 0.15) is 11.8 Å². The number of piperazine rings is 1. The van der Waals surface area contributed by atoms with E-state index in [2.05, 4.69) is 20.4 Å². The summed E-state index contributed by atoms with van der Waals surface area (Å²) in [4.78, 5) is 29.2. The van der Waals surface area contributed by atoms with Crippen molar-refractivity contribution in [2.75, 3.05) is 44.7 Å². The van der Waals surface area contributed by atoms with Crippen molar-refractivity contribution in [1.29, 1.82) is 0 Å². The summed E-state index contributed by atoms with van der Waals surface area (Å²) in [7, 11) is 1.67. The lowest BCUT2D eigenvalue weighted by atomic mass is 10.0. The number of ether oxygens (including phenoxy) is 1. The Kier molecular flexibility index (Phi) is 7.08. The van der Waals surface area contributed by atoms with Gasteiger partial charge in [-0.1, -0.05) is 42.5 Å². The fourth-order valence-electron chi connectivity index (χ4n) is 3.66. The molecule has 29 heavy (non-hydrogen) atoms. The first-order valence-electron chi connectivity index (χ1n) is 9.89. The van der Waals surface area contributed by atoms with Crippen LogP contribution < -0.4 is 20.3 Å². The molecule has 7 nitrogen and oxygen atoms in total. The minimum Gasteiger partial charge on any atom is -0.495 e. The van der Waals surface area contributed by atoms with Gasteiger partial charge < -0.3 is 15.0 Å². The summed E-state index contributed by atoms with van der Waals surface area (Å²) in [5.74, 6) is 0.530. The molecule has 7 heteroatoms. The van der Waals surface area contributed by atoms with Crippen LogP contribution in [0.1, 0.15) is 18.5 Å². The summed E-state index contributed by atoms with van der Waals surface area (Å²) >= 11 is 0. The average molecular weight is 396 g/mol. The molecule has 1 heterocycles. The number of hydrogen-bond acceptors (Lipinski definition) is 5. The van der Waals surface area contributed by atoms with E-state index in [1.807, 2.05) is 61.5 Å². The maximum atomic E-state index is 12.9. The van der Waals surface area contributed by atoms with Gasteiger partial charge in [0.2, 0.25) is 5.91 Å². The maximum absolute atomic E-state index is 12.9. The van der Waals surface area contributed by atoms with Crippen molar-refractivity contribution in [2.24, 2.45) is 0 Å². The first-order chi connectivity index (χ1) is 14.1. The Balaban J connectivity index is 1.74. The SMILES string of the molecule is CCNC(=O)NC(=O)C(c1ccccc1)N1CCN(c2ccccc2OC)CC1. The first kappa shape index (κ1) is 20.7. The van der Waals surface area contributed by atoms with Gasteiger partial charge in [-0.15, -0.1) is 0 Å². The second-order valence-corrected chi connectivity index (χ2v) is 6.86. The molecule has 1 saturated heterocycles. The van der Waals surface area contributed by atoms with Crippen molar-refractivity contribution in [3.05, 3.63) is 60.2 Å². The molecule has 2 aromatic carbocycles. The fourth-order valence-corrected chi connectivity index (χ4v) is 3.66. The minimum atomic E-state index is -0.515. The zero-order valence-electron chi connectivity index (χ0n) is 16.9. The van der Waals surface area contributed by atoms with E-state index in [1.165, 1.54) is 0 Å². The van der Waals surface area contributed by atoms with E-state index in [1.54, 1.807) is 7.11 Å². The summed E-state index contributed by atoms with van der Waals surface area (Å²) in [6.07, 6.45) is 0. The quantitative estimate of drug-likeness (QED) is 0.784. The molecule has 3 rings (SSSR count). The molecule has 1 atom stereocenters. The van der Waals surface area contributed by atoms with E-state index in [-0.39, 0.29) is 5.91 Å². The number of methoxy groups -OCH3 is 1. The smallest absolute Gasteiger partial charge is 0.321 e. The van der Waals surface area contributed by atoms with E-state index >= 15 is 0 Å². The highest BCUT2D eigenvalue weighted by Crippen LogP contribution is 2.30. The third-order valence-electron chi connectivity index (χ3n) is 5.04. The van der Waals surface area contributed by atoms with Crippen molar-refractivity contribution >= 4 is 17.6 Å². The summed E-state index contributed by atoms with van der Waals surface area (Å²) in [5.41, 5.74) is 1.93. The molecule has 154 valence electrons. The average Bonchev–Trinajstić information content (AvgIpc) is 2.75. The number of nitrogens with one attached hydrogen (secondary N) is 2. The highest BCUT2D eigenvalue weighted by molar-refractivity contribution is 5.97. The number of para-hydroxylation sites is 2. The van der Waals surface area contributed by atoms with Crippen LogP contribution in [0.4, 0.5) is 10.5 Å². The normalized spacial score (nSPS) is 15.4. The third kappa shape index (κ3) is 5.06. The van der Waals surface area contributed by atoms with Crippen molar-refractivity contribution in [1.82, 2.24) is 15.5 Å². The van der Waals surface area contributed by atoms with Crippen molar-refractivity contribution < 1.29 is 14.3 Å². The number of carbonyl (C=O) groups excluding carboxylic acids is 2. The molecular weight excluding hydrogens is 368 g/mol. The molecule has 0 radical (unpaired) electrons. The lowest BCUT2D eigenvalue weighted by molar-refractivity contribution is -0.125. The number of hydrogen-bond donors (Lipinski definition) is 2. The summed E-state index contributed by atoms with van der Waals surface area (Å²) in [6, 6.07) is 16.6. The van der Waals surface area contributed by atoms with Crippen LogP contribution in [0, 0.1) is 0 Å². The highest BCUT2D eigenvalue weighted by atomic mass is 16.5. The Labute approximate surface area is 171 Å². The second-order valence-electron chi connectivity index (χ2n) is 6.86. The number of benzene rings is 2. The van der Waals surface area contributed by atoms with Crippen molar-refractivity contribution in [3.63, 3.8) is 0 Å². The van der Waals surface area contributed by atoms with Gasteiger partial charge in [0.05, 0.1) is 12.8 Å². The van der Waals surface area contributed by atoms with Crippen molar-refractivity contribution in [2.45, 2.75) is 13.0 Å². The highest BCUT2D eigenvalue weighted by Gasteiger charge is 2.31. The number of nitrogens with zero attached hydrogens (tertiary/aromatic N) is 2. The van der Waals surface area contributed by atoms with Gasteiger partial charge in [0.25, 0.3) is 0 Å². The molecule has 1 unspecified atom stereocenters. The van der Waals surface area contributed by atoms with Gasteiger partial charge in [0, 0.05) is 32.7 Å². The van der Waals surface area contributed by atoms with E-state index in [4.69, 9.17) is 4.74 Å². The number of carbonyl (C=O) groups is 2. The predicted molar refractivity (Wildman–Crippen MR) is 113 cm³/mol. The van der Waals surface area contributed by atoms with E-state index < -0.39 is 12.1 Å². The molecule has 2 aromatic rings. The number of anilines is 1. The Morgan fingerprint density at radius 2 is 1.66 bits per heavy atom. The van der Waals surface area contributed by atoms with Crippen LogP contribution in [0.25, 0.3) is 0 Å². The molecule has 2 N–H and O–H groups in total. The van der Waals surface area contributed by atoms with Gasteiger partial charge in [-0.2, -0.15) is 0 Å². The second kappa shape index (κ2) is 9.93. The summed E-state index contributed by atoms with van der Waals surface area (Å²) in [6.45, 7) is 5.19. The fraction of sp³-hybridized carbons (Fsp3) is 0.364. The predicted octanol–water partition coefficient (Wildman–Crippen LogP) is 2.40. The van der Waals surface area contributed by atoms with Crippen LogP contribution in [-0.4, -0.2) is 56.7 Å². The van der Waals surface area contributed by atoms with Crippen LogP contribution in [0.3, 0.4) is 0 Å². The van der Waals surface area contributed by atoms with Crippen LogP contribution in [0.5, 0.6) is 5.75 Å². The maximum Gasteiger partial charge on any atom is 0.321 e. The zero-order valence-corrected chi connectivity index (χ0v) is 16.9. The van der Waals surface area contributed by atoms with Crippen LogP contribution in [0.2, 0.25) is 0 Å². The lowest BCUT2D eigenvalue weighted by Gasteiger charge is -2.40. The Bertz CT molecular complexity index is 820. The largest absolute Gasteiger partial charge is 0.495 e. The molecule has 1 aliphatic heterocycles. The first-order valence-corrected chi connectivity index (χ1v) is 9.89. The van der Waals surface area contributed by atoms with Crippen LogP contribution in [-0.2, 0) is 4.79 Å². The Hall–Kier alpha value is -3.06. The molecule has 1 aliphatic rings. The van der Waals surface area contributed by atoms with Gasteiger partial charge in [0.15, 0.2) is 0 Å². The molecule has 1 fully saturated rings. The molecule has 0 saturated carbocycles. The van der Waals surface area contributed by atoms with Crippen molar-refractivity contribution in [3.8, 4) is 5.75 Å². The van der Waals surface area contributed by atoms with Gasteiger partial charge in [-0.3, -0.25) is 15.0 Å². The topological polar surface area (TPSA) is 73.9 Å². The Morgan fingerprint density at radius 1 is 1.00 bits per heavy atom. The molecule has 0 bridgehead atoms. The van der Waals surface area contributed by atoms with E-state index in [0.717, 1.165) is 30.1 Å². The monoisotopic (exact) mass is 396 g/mol. The molecule has 0 spiro atoms. The number of rotatable bonds is 6. The summed E-state index contributed by atoms with van der Waals surface area (Å²) in [5, 5.41) is 5.09. The number of amides is 3. The molecule has 0 aromatic heterocycles. The van der Waals surface area contributed by atoms with Crippen LogP contribution >= 0.6 is 0 Å². The standard InChI is InChI=1S/C22H28N4O3/c1-3-23-22(28)24-21(27)20(17-9-5-4-6-10-17)26-15-13-25(14-16-26)18-11-7-8-12-19(18)29-2/h4-12,20H,3,13-16H2,1-2H3,(H2,23,24,27,28). The number of imide groups is 1. The van der Waals surface area contributed by atoms with Gasteiger partial charge in [-0.25, -0.2) is 4.79 Å². The molecule has 3 amide bonds. The van der Waals surface area contributed by atoms with Gasteiger partial charge in [-0.05, 0) is 24.6 Å². The van der Waals surface area contributed by atoms with Gasteiger partial charge >= 0.3 is 6.03 Å². The lowest BCUT2D eigenvalue weighted by Crippen LogP contribution is -2.52. The summed E-state index contributed by atoms with van der Waals surface area (Å²) < 4.78 is 5.48. The zero-order chi connectivity index (χ0) is 20.6. The molecule has 0 aliphatic carbocycles. The molecular formula is C22H28N4O3. The van der Waals surface area contributed by atoms with Crippen LogP contribution in [0.15, 0.2) is 54.6 Å². The minimum absolute atomic E-state index is 0.312. The third-order valence-corrected chi connectivity index (χ3v) is 5.04. The van der Waals surface area contributed by atoms with E-state index in [0.29, 0.717) is 19.6 Å². The number of urea groups is 1. The Morgan fingerprint density at radius 3 is 2.31 bits per heavy atom.